The summed E-state index contributed by atoms with van der Waals surface area (Å²) in [4.78, 5) is 35.1. The molecule has 3 aliphatic rings. The second-order valence-electron chi connectivity index (χ2n) is 12.9. The van der Waals surface area contributed by atoms with E-state index in [2.05, 4.69) is 10.6 Å². The first-order valence-electron chi connectivity index (χ1n) is 16.1. The molecule has 2 atom stereocenters. The van der Waals surface area contributed by atoms with E-state index in [1.54, 1.807) is 17.2 Å². The Balaban J connectivity index is 1.16. The van der Waals surface area contributed by atoms with Crippen LogP contribution < -0.4 is 10.6 Å². The Morgan fingerprint density at radius 1 is 1.09 bits per heavy atom. The van der Waals surface area contributed by atoms with E-state index >= 15 is 0 Å². The summed E-state index contributed by atoms with van der Waals surface area (Å²) in [5.74, 6) is -1.49. The number of aliphatic hydroxyl groups is 1. The van der Waals surface area contributed by atoms with E-state index < -0.39 is 23.3 Å². The van der Waals surface area contributed by atoms with E-state index in [0.717, 1.165) is 29.4 Å². The zero-order valence-corrected chi connectivity index (χ0v) is 26.3. The summed E-state index contributed by atoms with van der Waals surface area (Å²) in [6.07, 6.45) is 4.78. The first-order valence-corrected chi connectivity index (χ1v) is 16.1. The zero-order valence-electron chi connectivity index (χ0n) is 26.3. The predicted octanol–water partition coefficient (Wildman–Crippen LogP) is 5.29. The molecule has 0 saturated carbocycles. The van der Waals surface area contributed by atoms with Gasteiger partial charge < -0.3 is 34.8 Å². The average molecular weight is 637 g/mol. The molecule has 46 heavy (non-hydrogen) atoms. The van der Waals surface area contributed by atoms with E-state index in [0.29, 0.717) is 57.7 Å². The summed E-state index contributed by atoms with van der Waals surface area (Å²) in [5.41, 5.74) is 2.14. The third-order valence-corrected chi connectivity index (χ3v) is 9.63. The highest BCUT2D eigenvalue weighted by atomic mass is 19.2. The second-order valence-corrected chi connectivity index (χ2v) is 12.9. The molecule has 3 N–H and O–H groups in total. The predicted molar refractivity (Wildman–Crippen MR) is 168 cm³/mol. The standard InChI is InChI=1S/C34H42F2N6O4/c1-34(2,46-19-18-43)29-20-37-31-28(11-10-23(21-42(29)31)25-7-5-8-26(35)30(25)36)39-32(44)40-15-13-24(14-16-40)41-17-12-22-6-3-4-9-27(22)38-33(41)45/h3-9,20,23-24,28,43H,10-19,21H2,1-2H3,(H,38,45)(H,39,44)/t23-,28-/m1/s1. The quantitative estimate of drug-likeness (QED) is 0.327. The summed E-state index contributed by atoms with van der Waals surface area (Å²) in [6, 6.07) is 11.3. The van der Waals surface area contributed by atoms with Crippen LogP contribution in [0.15, 0.2) is 48.7 Å². The summed E-state index contributed by atoms with van der Waals surface area (Å²) in [6.45, 7) is 5.67. The summed E-state index contributed by atoms with van der Waals surface area (Å²) in [7, 11) is 0. The van der Waals surface area contributed by atoms with Gasteiger partial charge in [0.15, 0.2) is 11.6 Å². The minimum absolute atomic E-state index is 0.0285. The fourth-order valence-corrected chi connectivity index (χ4v) is 7.11. The Bertz CT molecular complexity index is 1570. The summed E-state index contributed by atoms with van der Waals surface area (Å²) >= 11 is 0. The van der Waals surface area contributed by atoms with Crippen LogP contribution in [0.25, 0.3) is 0 Å². The van der Waals surface area contributed by atoms with E-state index in [1.165, 1.54) is 6.07 Å². The van der Waals surface area contributed by atoms with E-state index in [4.69, 9.17) is 9.72 Å². The Hall–Kier alpha value is -4.03. The van der Waals surface area contributed by atoms with Gasteiger partial charge in [0.1, 0.15) is 11.4 Å². The number of nitrogens with zero attached hydrogens (tertiary/aromatic N) is 4. The normalized spacial score (nSPS) is 20.8. The third kappa shape index (κ3) is 6.46. The van der Waals surface area contributed by atoms with Crippen molar-refractivity contribution in [2.45, 2.75) is 76.1 Å². The maximum absolute atomic E-state index is 15.0. The molecule has 0 unspecified atom stereocenters. The highest BCUT2D eigenvalue weighted by molar-refractivity contribution is 5.91. The first kappa shape index (κ1) is 31.9. The number of carbonyl (C=O) groups excluding carboxylic acids is 2. The number of likely N-dealkylation sites (tertiary alicyclic amines) is 1. The summed E-state index contributed by atoms with van der Waals surface area (Å²) in [5, 5.41) is 15.6. The van der Waals surface area contributed by atoms with Gasteiger partial charge in [0.2, 0.25) is 0 Å². The van der Waals surface area contributed by atoms with Gasteiger partial charge in [-0.05, 0) is 69.2 Å². The third-order valence-electron chi connectivity index (χ3n) is 9.63. The number of benzene rings is 2. The molecule has 0 spiro atoms. The number of piperidine rings is 1. The smallest absolute Gasteiger partial charge is 0.322 e. The zero-order chi connectivity index (χ0) is 32.4. The van der Waals surface area contributed by atoms with Crippen molar-refractivity contribution in [1.29, 1.82) is 0 Å². The van der Waals surface area contributed by atoms with Gasteiger partial charge in [-0.15, -0.1) is 0 Å². The fraction of sp³-hybridized carbons (Fsp3) is 0.500. The Morgan fingerprint density at radius 2 is 1.87 bits per heavy atom. The van der Waals surface area contributed by atoms with Gasteiger partial charge in [0, 0.05) is 43.8 Å². The number of hydrogen-bond donors (Lipinski definition) is 3. The van der Waals surface area contributed by atoms with Crippen molar-refractivity contribution in [2.75, 3.05) is 38.2 Å². The molecule has 3 aliphatic heterocycles. The fourth-order valence-electron chi connectivity index (χ4n) is 7.11. The van der Waals surface area contributed by atoms with Crippen LogP contribution >= 0.6 is 0 Å². The van der Waals surface area contributed by atoms with Crippen LogP contribution in [0.3, 0.4) is 0 Å². The van der Waals surface area contributed by atoms with Crippen LogP contribution in [-0.2, 0) is 23.3 Å². The van der Waals surface area contributed by atoms with Crippen LogP contribution in [-0.4, -0.2) is 75.4 Å². The molecule has 3 aromatic rings. The highest BCUT2D eigenvalue weighted by Gasteiger charge is 2.36. The lowest BCUT2D eigenvalue weighted by Gasteiger charge is -2.38. The molecule has 0 radical (unpaired) electrons. The molecule has 0 bridgehead atoms. The van der Waals surface area contributed by atoms with Crippen LogP contribution in [0.1, 0.15) is 74.1 Å². The van der Waals surface area contributed by atoms with Gasteiger partial charge in [-0.2, -0.15) is 0 Å². The van der Waals surface area contributed by atoms with Gasteiger partial charge in [0.05, 0.1) is 31.1 Å². The lowest BCUT2D eigenvalue weighted by Crippen LogP contribution is -2.52. The molecule has 1 fully saturated rings. The first-order chi connectivity index (χ1) is 22.2. The van der Waals surface area contributed by atoms with Crippen molar-refractivity contribution in [1.82, 2.24) is 24.7 Å². The van der Waals surface area contributed by atoms with Crippen molar-refractivity contribution in [2.24, 2.45) is 0 Å². The molecule has 1 aromatic heterocycles. The molecule has 4 heterocycles. The number of halogens is 2. The number of rotatable bonds is 7. The van der Waals surface area contributed by atoms with Crippen LogP contribution in [0.5, 0.6) is 0 Å². The van der Waals surface area contributed by atoms with Gasteiger partial charge in [-0.1, -0.05) is 30.3 Å². The number of urea groups is 2. The Morgan fingerprint density at radius 3 is 2.65 bits per heavy atom. The second kappa shape index (κ2) is 13.4. The number of ether oxygens (including phenoxy) is 1. The number of hydrogen-bond acceptors (Lipinski definition) is 5. The highest BCUT2D eigenvalue weighted by Crippen LogP contribution is 2.38. The minimum Gasteiger partial charge on any atom is -0.394 e. The largest absolute Gasteiger partial charge is 0.394 e. The van der Waals surface area contributed by atoms with Crippen molar-refractivity contribution in [3.05, 3.63) is 82.9 Å². The number of aliphatic hydroxyl groups excluding tert-OH is 1. The van der Waals surface area contributed by atoms with Crippen LogP contribution in [0.4, 0.5) is 24.1 Å². The van der Waals surface area contributed by atoms with Gasteiger partial charge in [0.25, 0.3) is 0 Å². The molecule has 12 heteroatoms. The van der Waals surface area contributed by atoms with Crippen LogP contribution in [0, 0.1) is 11.6 Å². The lowest BCUT2D eigenvalue weighted by molar-refractivity contribution is -0.0421. The number of imidazole rings is 1. The topological polar surface area (TPSA) is 112 Å². The number of para-hydroxylation sites is 1. The number of fused-ring (bicyclic) bond motifs is 2. The average Bonchev–Trinajstić information content (AvgIpc) is 3.30. The Labute approximate surface area is 267 Å². The molecule has 0 aliphatic carbocycles. The number of carbonyl (C=O) groups is 2. The molecule has 246 valence electrons. The molecule has 6 rings (SSSR count). The SMILES string of the molecule is CC(C)(OCCO)c1cnc2n1C[C@H](c1cccc(F)c1F)CC[C@H]2NC(=O)N1CCC(N2CCc3ccccc3NC2=O)CC1. The van der Waals surface area contributed by atoms with Crippen LogP contribution in [0.2, 0.25) is 0 Å². The summed E-state index contributed by atoms with van der Waals surface area (Å²) < 4.78 is 37.2. The molecular weight excluding hydrogens is 594 g/mol. The number of aromatic nitrogens is 2. The van der Waals surface area contributed by atoms with Crippen molar-refractivity contribution >= 4 is 17.7 Å². The van der Waals surface area contributed by atoms with E-state index in [9.17, 15) is 23.5 Å². The molecule has 2 aromatic carbocycles. The monoisotopic (exact) mass is 636 g/mol. The number of nitrogens with one attached hydrogen (secondary N) is 2. The maximum Gasteiger partial charge on any atom is 0.322 e. The molecule has 4 amide bonds. The van der Waals surface area contributed by atoms with E-state index in [1.807, 2.05) is 47.6 Å². The van der Waals surface area contributed by atoms with Crippen molar-refractivity contribution in [3.63, 3.8) is 0 Å². The lowest BCUT2D eigenvalue weighted by atomic mass is 9.92. The minimum atomic E-state index is -0.894. The van der Waals surface area contributed by atoms with Gasteiger partial charge >= 0.3 is 12.1 Å². The Kier molecular flexibility index (Phi) is 9.28. The number of amides is 4. The molecule has 1 saturated heterocycles. The molecular formula is C34H42F2N6O4. The van der Waals surface area contributed by atoms with Crippen molar-refractivity contribution < 1.29 is 28.2 Å². The maximum atomic E-state index is 15.0. The number of anilines is 1. The van der Waals surface area contributed by atoms with Gasteiger partial charge in [-0.3, -0.25) is 0 Å². The van der Waals surface area contributed by atoms with Gasteiger partial charge in [-0.25, -0.2) is 23.4 Å². The molecule has 10 nitrogen and oxygen atoms in total. The van der Waals surface area contributed by atoms with E-state index in [-0.39, 0.29) is 42.8 Å². The van der Waals surface area contributed by atoms with Crippen molar-refractivity contribution in [3.8, 4) is 0 Å².